The zero-order valence-corrected chi connectivity index (χ0v) is 4.54. The van der Waals surface area contributed by atoms with Gasteiger partial charge in [-0.25, -0.2) is 0 Å². The highest BCUT2D eigenvalue weighted by Gasteiger charge is 1.62. The monoisotopic (exact) mass is 146 g/mol. The van der Waals surface area contributed by atoms with Gasteiger partial charge >= 0.3 is 0 Å². The molecule has 0 rings (SSSR count). The standard InChI is InChI=1S/HNO2.H3N.H2O3S/c2-1-3;;1-4(2)3/h(H,2,3);1H3;(H2,1,2,3). The molecule has 0 saturated heterocycles. The van der Waals surface area contributed by atoms with Crippen molar-refractivity contribution in [1.29, 1.82) is 0 Å². The Hall–Kier alpha value is -0.570. The second-order valence-corrected chi connectivity index (χ2v) is 0.774. The molecule has 0 spiro atoms. The van der Waals surface area contributed by atoms with Crippen LogP contribution in [0, 0.1) is 4.91 Å². The third-order valence-corrected chi connectivity index (χ3v) is 0. The Labute approximate surface area is 47.3 Å². The topological polar surface area (TPSA) is 142 Å². The molecule has 0 unspecified atom stereocenters. The van der Waals surface area contributed by atoms with Crippen molar-refractivity contribution in [3.63, 3.8) is 0 Å². The van der Waals surface area contributed by atoms with Gasteiger partial charge in [0.1, 0.15) is 0 Å². The average molecular weight is 146 g/mol. The molecule has 8 heavy (non-hydrogen) atoms. The van der Waals surface area contributed by atoms with Gasteiger partial charge in [-0.05, 0) is 0 Å². The van der Waals surface area contributed by atoms with Gasteiger partial charge in [0.15, 0.2) is 5.34 Å². The van der Waals surface area contributed by atoms with Crippen LogP contribution < -0.4 is 6.15 Å². The van der Waals surface area contributed by atoms with Crippen LogP contribution in [0.2, 0.25) is 0 Å². The lowest BCUT2D eigenvalue weighted by Gasteiger charge is -1.59. The molecule has 0 fully saturated rings. The van der Waals surface area contributed by atoms with Gasteiger partial charge < -0.3 is 11.4 Å². The van der Waals surface area contributed by atoms with Crippen molar-refractivity contribution in [2.45, 2.75) is 0 Å². The van der Waals surface area contributed by atoms with Crippen LogP contribution in [0.5, 0.6) is 0 Å². The van der Waals surface area contributed by atoms with E-state index in [0.29, 0.717) is 0 Å². The molecule has 0 aliphatic rings. The van der Waals surface area contributed by atoms with E-state index in [9.17, 15) is 0 Å². The van der Waals surface area contributed by atoms with Gasteiger partial charge in [0.05, 0.1) is 0 Å². The minimum absolute atomic E-state index is 0. The van der Waals surface area contributed by atoms with E-state index in [2.05, 4.69) is 0 Å². The summed E-state index contributed by atoms with van der Waals surface area (Å²) >= 11 is -2.61. The van der Waals surface area contributed by atoms with Crippen molar-refractivity contribution in [3.8, 4) is 0 Å². The quantitative estimate of drug-likeness (QED) is 0.215. The molecule has 0 aliphatic carbocycles. The van der Waals surface area contributed by atoms with E-state index < -0.39 is 11.4 Å². The Morgan fingerprint density at radius 2 is 1.38 bits per heavy atom. The number of hydrogen-bond donors (Lipinski definition) is 4. The van der Waals surface area contributed by atoms with Gasteiger partial charge in [0.2, 0.25) is 0 Å². The minimum Gasteiger partial charge on any atom is -0.379 e. The fourth-order valence-corrected chi connectivity index (χ4v) is 0. The first-order valence-electron chi connectivity index (χ1n) is 0.914. The molecule has 0 heterocycles. The SMILES string of the molecule is N.O=NO.O=S(O)O. The van der Waals surface area contributed by atoms with Crippen molar-refractivity contribution in [2.75, 3.05) is 0 Å². The molecule has 0 amide bonds. The lowest BCUT2D eigenvalue weighted by Crippen LogP contribution is -1.74. The highest BCUT2D eigenvalue weighted by atomic mass is 32.2. The normalized spacial score (nSPS) is 5.88. The maximum atomic E-state index is 8.67. The zero-order chi connectivity index (χ0) is 6.28. The zero-order valence-electron chi connectivity index (χ0n) is 3.72. The number of hydrogen-bond acceptors (Lipinski definition) is 4. The van der Waals surface area contributed by atoms with Crippen molar-refractivity contribution in [2.24, 2.45) is 5.34 Å². The first kappa shape index (κ1) is 15.7. The predicted molar refractivity (Wildman–Crippen MR) is 26.0 cm³/mol. The van der Waals surface area contributed by atoms with Crippen LogP contribution >= 0.6 is 0 Å². The summed E-state index contributed by atoms with van der Waals surface area (Å²) in [6.07, 6.45) is 0. The van der Waals surface area contributed by atoms with Crippen LogP contribution in [-0.4, -0.2) is 18.5 Å². The van der Waals surface area contributed by atoms with Crippen LogP contribution in [0.15, 0.2) is 5.34 Å². The molecular formula is H6N2O5S. The third kappa shape index (κ3) is 328. The van der Waals surface area contributed by atoms with Crippen LogP contribution in [-0.2, 0) is 11.4 Å². The molecule has 52 valence electrons. The Morgan fingerprint density at radius 3 is 1.38 bits per heavy atom. The van der Waals surface area contributed by atoms with E-state index in [1.54, 1.807) is 0 Å². The van der Waals surface area contributed by atoms with Crippen LogP contribution in [0.1, 0.15) is 0 Å². The molecule has 7 nitrogen and oxygen atoms in total. The molecule has 0 saturated carbocycles. The molecule has 0 aliphatic heterocycles. The molecule has 0 radical (unpaired) electrons. The van der Waals surface area contributed by atoms with E-state index in [-0.39, 0.29) is 6.15 Å². The Bertz CT molecular complexity index is 57.4. The molecule has 0 atom stereocenters. The summed E-state index contributed by atoms with van der Waals surface area (Å²) < 4.78 is 22.8. The first-order valence-corrected chi connectivity index (χ1v) is 1.98. The highest BCUT2D eigenvalue weighted by molar-refractivity contribution is 7.73. The Balaban J connectivity index is -0.0000000575. The van der Waals surface area contributed by atoms with E-state index in [4.69, 9.17) is 23.4 Å². The molecule has 0 aromatic heterocycles. The van der Waals surface area contributed by atoms with Gasteiger partial charge in [0, 0.05) is 0 Å². The van der Waals surface area contributed by atoms with Crippen LogP contribution in [0.4, 0.5) is 0 Å². The largest absolute Gasteiger partial charge is 0.379 e. The van der Waals surface area contributed by atoms with Crippen molar-refractivity contribution >= 4 is 11.4 Å². The minimum atomic E-state index is -2.61. The summed E-state index contributed by atoms with van der Waals surface area (Å²) in [5.41, 5.74) is 0. The Morgan fingerprint density at radius 1 is 1.38 bits per heavy atom. The maximum Gasteiger partial charge on any atom is 0.299 e. The first-order chi connectivity index (χ1) is 3.15. The van der Waals surface area contributed by atoms with Gasteiger partial charge in [-0.15, -0.1) is 4.91 Å². The second-order valence-electron chi connectivity index (χ2n) is 0.312. The third-order valence-electron chi connectivity index (χ3n) is 0. The van der Waals surface area contributed by atoms with Crippen molar-refractivity contribution in [3.05, 3.63) is 4.91 Å². The van der Waals surface area contributed by atoms with Gasteiger partial charge in [-0.2, -0.15) is 4.21 Å². The summed E-state index contributed by atoms with van der Waals surface area (Å²) in [6.45, 7) is 0. The van der Waals surface area contributed by atoms with E-state index in [1.165, 1.54) is 5.34 Å². The summed E-state index contributed by atoms with van der Waals surface area (Å²) in [7, 11) is 0. The van der Waals surface area contributed by atoms with Gasteiger partial charge in [-0.3, -0.25) is 9.11 Å². The summed E-state index contributed by atoms with van der Waals surface area (Å²) in [5, 5.41) is 7.89. The fourth-order valence-electron chi connectivity index (χ4n) is 0. The predicted octanol–water partition coefficient (Wildman–Crippen LogP) is -0.0149. The van der Waals surface area contributed by atoms with Crippen LogP contribution in [0.3, 0.4) is 0 Å². The Kier molecular flexibility index (Phi) is 31.5. The summed E-state index contributed by atoms with van der Waals surface area (Å²) in [6, 6.07) is 0. The smallest absolute Gasteiger partial charge is 0.299 e. The number of nitrogens with zero attached hydrogens (tertiary/aromatic N) is 1. The molecule has 0 aromatic rings. The van der Waals surface area contributed by atoms with Crippen molar-refractivity contribution in [1.82, 2.24) is 6.15 Å². The summed E-state index contributed by atoms with van der Waals surface area (Å²) in [4.78, 5) is 8.11. The maximum absolute atomic E-state index is 8.67. The van der Waals surface area contributed by atoms with E-state index in [1.807, 2.05) is 0 Å². The molecule has 8 heteroatoms. The highest BCUT2D eigenvalue weighted by Crippen LogP contribution is 1.44. The fraction of sp³-hybridized carbons (Fsp3) is 0. The van der Waals surface area contributed by atoms with E-state index in [0.717, 1.165) is 0 Å². The van der Waals surface area contributed by atoms with Crippen LogP contribution in [0.25, 0.3) is 0 Å². The molecule has 6 N–H and O–H groups in total. The second kappa shape index (κ2) is 16.1. The lowest BCUT2D eigenvalue weighted by atomic mass is 13.4. The average Bonchev–Trinajstić information content (AvgIpc) is 1.33. The molecule has 0 bridgehead atoms. The van der Waals surface area contributed by atoms with Gasteiger partial charge in [-0.1, -0.05) is 0 Å². The van der Waals surface area contributed by atoms with Crippen molar-refractivity contribution < 1.29 is 18.5 Å². The molecular weight excluding hydrogens is 140 g/mol. The number of rotatable bonds is 0. The van der Waals surface area contributed by atoms with E-state index >= 15 is 0 Å². The molecule has 0 aromatic carbocycles. The van der Waals surface area contributed by atoms with Gasteiger partial charge in [0.25, 0.3) is 11.4 Å². The summed E-state index contributed by atoms with van der Waals surface area (Å²) in [5.74, 6) is 0. The lowest BCUT2D eigenvalue weighted by molar-refractivity contribution is 0.312.